The Morgan fingerprint density at radius 2 is 2.35 bits per heavy atom. The number of nitrogens with two attached hydrogens (primary N) is 1. The summed E-state index contributed by atoms with van der Waals surface area (Å²) < 4.78 is 31.1. The fourth-order valence-corrected chi connectivity index (χ4v) is 3.55. The predicted molar refractivity (Wildman–Crippen MR) is 66.4 cm³/mol. The number of sulfonamides is 1. The fraction of sp³-hybridized carbons (Fsp3) is 0.556. The summed E-state index contributed by atoms with van der Waals surface area (Å²) in [4.78, 5) is 0. The molecule has 0 bridgehead atoms. The van der Waals surface area contributed by atoms with E-state index in [2.05, 4.69) is 4.72 Å². The second kappa shape index (κ2) is 6.31. The van der Waals surface area contributed by atoms with Gasteiger partial charge < -0.3 is 15.6 Å². The van der Waals surface area contributed by atoms with Gasteiger partial charge in [-0.25, -0.2) is 13.1 Å². The number of aliphatic hydroxyl groups is 1. The first kappa shape index (κ1) is 14.4. The third kappa shape index (κ3) is 4.25. The zero-order valence-corrected chi connectivity index (χ0v) is 11.1. The Bertz CT molecular complexity index is 444. The molecule has 1 rings (SSSR count). The van der Waals surface area contributed by atoms with E-state index in [0.29, 0.717) is 18.7 Å². The van der Waals surface area contributed by atoms with E-state index in [1.807, 2.05) is 0 Å². The van der Waals surface area contributed by atoms with Gasteiger partial charge in [0, 0.05) is 30.8 Å². The lowest BCUT2D eigenvalue weighted by molar-refractivity contribution is 0.166. The number of thiophene rings is 1. The van der Waals surface area contributed by atoms with Gasteiger partial charge in [-0.2, -0.15) is 0 Å². The molecule has 0 saturated heterocycles. The van der Waals surface area contributed by atoms with Crippen molar-refractivity contribution < 1.29 is 18.3 Å². The topological polar surface area (TPSA) is 102 Å². The van der Waals surface area contributed by atoms with Gasteiger partial charge in [0.15, 0.2) is 0 Å². The molecular weight excluding hydrogens is 264 g/mol. The molecule has 1 atom stereocenters. The average molecular weight is 280 g/mol. The molecule has 0 aliphatic carbocycles. The standard InChI is InChI=1S/C9H16N2O4S2/c1-15-3-2-8(5-12)11-17(13,14)9-4-7(10)6-16-9/h4,6,8,11-12H,2-3,5,10H2,1H3. The third-order valence-corrected chi connectivity index (χ3v) is 5.05. The number of ether oxygens (including phenoxy) is 1. The molecule has 4 N–H and O–H groups in total. The Balaban J connectivity index is 2.71. The largest absolute Gasteiger partial charge is 0.398 e. The van der Waals surface area contributed by atoms with Gasteiger partial charge >= 0.3 is 0 Å². The summed E-state index contributed by atoms with van der Waals surface area (Å²) in [7, 11) is -2.09. The molecule has 0 amide bonds. The third-order valence-electron chi connectivity index (χ3n) is 2.07. The number of methoxy groups -OCH3 is 1. The highest BCUT2D eigenvalue weighted by atomic mass is 32.2. The summed E-state index contributed by atoms with van der Waals surface area (Å²) in [6, 6.07) is 0.834. The SMILES string of the molecule is COCCC(CO)NS(=O)(=O)c1cc(N)cs1. The van der Waals surface area contributed by atoms with Crippen LogP contribution in [0.5, 0.6) is 0 Å². The number of hydrogen-bond acceptors (Lipinski definition) is 6. The molecule has 98 valence electrons. The summed E-state index contributed by atoms with van der Waals surface area (Å²) in [6.07, 6.45) is 0.410. The number of nitrogen functional groups attached to an aromatic ring is 1. The first-order chi connectivity index (χ1) is 7.99. The summed E-state index contributed by atoms with van der Waals surface area (Å²) in [5, 5.41) is 10.6. The van der Waals surface area contributed by atoms with Gasteiger partial charge in [0.2, 0.25) is 10.0 Å². The van der Waals surface area contributed by atoms with E-state index in [1.54, 1.807) is 5.38 Å². The van der Waals surface area contributed by atoms with E-state index in [1.165, 1.54) is 13.2 Å². The summed E-state index contributed by atoms with van der Waals surface area (Å²) >= 11 is 1.04. The predicted octanol–water partition coefficient (Wildman–Crippen LogP) is 0.00600. The van der Waals surface area contributed by atoms with Crippen molar-refractivity contribution in [1.82, 2.24) is 4.72 Å². The lowest BCUT2D eigenvalue weighted by Gasteiger charge is -2.14. The average Bonchev–Trinajstić information content (AvgIpc) is 2.71. The van der Waals surface area contributed by atoms with Crippen LogP contribution in [0.3, 0.4) is 0 Å². The van der Waals surface area contributed by atoms with E-state index in [4.69, 9.17) is 15.6 Å². The fourth-order valence-electron chi connectivity index (χ4n) is 1.20. The number of aliphatic hydroxyl groups excluding tert-OH is 1. The van der Waals surface area contributed by atoms with Gasteiger partial charge in [0.25, 0.3) is 0 Å². The Kier molecular flexibility index (Phi) is 5.34. The van der Waals surface area contributed by atoms with Gasteiger partial charge in [0.05, 0.1) is 6.61 Å². The maximum atomic E-state index is 11.9. The smallest absolute Gasteiger partial charge is 0.250 e. The van der Waals surface area contributed by atoms with Gasteiger partial charge in [-0.05, 0) is 12.5 Å². The van der Waals surface area contributed by atoms with Crippen LogP contribution in [0.25, 0.3) is 0 Å². The van der Waals surface area contributed by atoms with Crippen LogP contribution in [-0.4, -0.2) is 39.9 Å². The lowest BCUT2D eigenvalue weighted by Crippen LogP contribution is -2.37. The summed E-state index contributed by atoms with van der Waals surface area (Å²) in [5.74, 6) is 0. The Morgan fingerprint density at radius 3 is 2.82 bits per heavy atom. The molecule has 0 aliphatic heterocycles. The molecule has 1 heterocycles. The highest BCUT2D eigenvalue weighted by Crippen LogP contribution is 2.21. The van der Waals surface area contributed by atoms with Crippen molar-refractivity contribution >= 4 is 27.0 Å². The molecule has 0 saturated carbocycles. The Morgan fingerprint density at radius 1 is 1.65 bits per heavy atom. The van der Waals surface area contributed by atoms with Crippen LogP contribution in [0.4, 0.5) is 5.69 Å². The maximum absolute atomic E-state index is 11.9. The van der Waals surface area contributed by atoms with Crippen molar-refractivity contribution in [2.75, 3.05) is 26.1 Å². The monoisotopic (exact) mass is 280 g/mol. The molecule has 8 heteroatoms. The highest BCUT2D eigenvalue weighted by molar-refractivity contribution is 7.91. The lowest BCUT2D eigenvalue weighted by atomic mass is 10.2. The first-order valence-electron chi connectivity index (χ1n) is 4.95. The van der Waals surface area contributed by atoms with Crippen molar-refractivity contribution in [2.45, 2.75) is 16.7 Å². The Labute approximate surface area is 104 Å². The molecule has 0 aromatic carbocycles. The minimum atomic E-state index is -3.61. The Hall–Kier alpha value is -0.670. The van der Waals surface area contributed by atoms with E-state index in [9.17, 15) is 8.42 Å². The highest BCUT2D eigenvalue weighted by Gasteiger charge is 2.20. The van der Waals surface area contributed by atoms with Crippen molar-refractivity contribution in [3.63, 3.8) is 0 Å². The number of rotatable bonds is 7. The van der Waals surface area contributed by atoms with Crippen LogP contribution in [-0.2, 0) is 14.8 Å². The van der Waals surface area contributed by atoms with Gasteiger partial charge in [-0.15, -0.1) is 11.3 Å². The second-order valence-electron chi connectivity index (χ2n) is 3.48. The van der Waals surface area contributed by atoms with E-state index in [0.717, 1.165) is 11.3 Å². The van der Waals surface area contributed by atoms with Crippen molar-refractivity contribution in [2.24, 2.45) is 0 Å². The summed E-state index contributed by atoms with van der Waals surface area (Å²) in [6.45, 7) is 0.101. The van der Waals surface area contributed by atoms with E-state index in [-0.39, 0.29) is 10.8 Å². The van der Waals surface area contributed by atoms with Crippen LogP contribution in [0.1, 0.15) is 6.42 Å². The zero-order chi connectivity index (χ0) is 12.9. The summed E-state index contributed by atoms with van der Waals surface area (Å²) in [5.41, 5.74) is 5.88. The normalized spacial score (nSPS) is 13.8. The molecule has 6 nitrogen and oxygen atoms in total. The molecule has 1 unspecified atom stereocenters. The molecular formula is C9H16N2O4S2. The number of anilines is 1. The minimum Gasteiger partial charge on any atom is -0.398 e. The van der Waals surface area contributed by atoms with Gasteiger partial charge in [-0.3, -0.25) is 0 Å². The molecule has 1 aromatic heterocycles. The molecule has 0 aliphatic rings. The quantitative estimate of drug-likeness (QED) is 0.653. The van der Waals surface area contributed by atoms with Crippen molar-refractivity contribution in [3.05, 3.63) is 11.4 Å². The van der Waals surface area contributed by atoms with Crippen LogP contribution < -0.4 is 10.5 Å². The van der Waals surface area contributed by atoms with Gasteiger partial charge in [-0.1, -0.05) is 0 Å². The zero-order valence-electron chi connectivity index (χ0n) is 9.42. The molecule has 0 radical (unpaired) electrons. The minimum absolute atomic E-state index is 0.144. The van der Waals surface area contributed by atoms with Gasteiger partial charge in [0.1, 0.15) is 4.21 Å². The van der Waals surface area contributed by atoms with E-state index < -0.39 is 16.1 Å². The van der Waals surface area contributed by atoms with Crippen LogP contribution in [0.15, 0.2) is 15.7 Å². The van der Waals surface area contributed by atoms with Crippen LogP contribution >= 0.6 is 11.3 Å². The molecule has 0 spiro atoms. The molecule has 1 aromatic rings. The second-order valence-corrected chi connectivity index (χ2v) is 6.33. The maximum Gasteiger partial charge on any atom is 0.250 e. The first-order valence-corrected chi connectivity index (χ1v) is 7.32. The number of nitrogens with one attached hydrogen (secondary N) is 1. The van der Waals surface area contributed by atoms with Crippen molar-refractivity contribution in [1.29, 1.82) is 0 Å². The van der Waals surface area contributed by atoms with Crippen LogP contribution in [0.2, 0.25) is 0 Å². The number of hydrogen-bond donors (Lipinski definition) is 3. The van der Waals surface area contributed by atoms with Crippen LogP contribution in [0, 0.1) is 0 Å². The van der Waals surface area contributed by atoms with E-state index >= 15 is 0 Å². The molecule has 0 fully saturated rings. The molecule has 17 heavy (non-hydrogen) atoms. The van der Waals surface area contributed by atoms with Crippen molar-refractivity contribution in [3.8, 4) is 0 Å².